The maximum Gasteiger partial charge on any atom is 0.224 e. The maximum absolute atomic E-state index is 11.6. The minimum Gasteiger partial charge on any atom is -0.497 e. The molecule has 1 amide bonds. The fraction of sp³-hybridized carbons (Fsp3) is 0.238. The summed E-state index contributed by atoms with van der Waals surface area (Å²) in [6.07, 6.45) is 6.96. The number of aromatic nitrogens is 2. The van der Waals surface area contributed by atoms with Crippen molar-refractivity contribution in [3.8, 4) is 5.75 Å². The van der Waals surface area contributed by atoms with Crippen molar-refractivity contribution in [2.24, 2.45) is 0 Å². The van der Waals surface area contributed by atoms with E-state index in [0.29, 0.717) is 6.42 Å². The van der Waals surface area contributed by atoms with Crippen molar-refractivity contribution in [3.63, 3.8) is 0 Å². The number of imidazole rings is 1. The number of benzene rings is 2. The minimum atomic E-state index is 0.0929. The molecule has 3 aromatic rings. The summed E-state index contributed by atoms with van der Waals surface area (Å²) >= 11 is 0. The van der Waals surface area contributed by atoms with Crippen molar-refractivity contribution in [1.82, 2.24) is 9.55 Å². The molecule has 0 fully saturated rings. The Morgan fingerprint density at radius 3 is 2.69 bits per heavy atom. The molecule has 0 saturated carbocycles. The molecule has 26 heavy (non-hydrogen) atoms. The molecule has 5 nitrogen and oxygen atoms in total. The Balaban J connectivity index is 1.71. The van der Waals surface area contributed by atoms with Crippen molar-refractivity contribution in [1.29, 1.82) is 0 Å². The molecule has 0 bridgehead atoms. The van der Waals surface area contributed by atoms with E-state index in [9.17, 15) is 4.79 Å². The highest BCUT2D eigenvalue weighted by atomic mass is 16.5. The number of carbonyl (C=O) groups is 1. The minimum absolute atomic E-state index is 0.0929. The number of rotatable bonds is 5. The first-order valence-corrected chi connectivity index (χ1v) is 8.75. The summed E-state index contributed by atoms with van der Waals surface area (Å²) in [5.74, 6) is 1.14. The highest BCUT2D eigenvalue weighted by molar-refractivity contribution is 5.93. The molecule has 0 saturated heterocycles. The molecule has 0 aliphatic carbocycles. The van der Waals surface area contributed by atoms with Gasteiger partial charge in [-0.05, 0) is 41.3 Å². The topological polar surface area (TPSA) is 56.2 Å². The van der Waals surface area contributed by atoms with Crippen LogP contribution in [0.2, 0.25) is 0 Å². The highest BCUT2D eigenvalue weighted by Crippen LogP contribution is 2.32. The lowest BCUT2D eigenvalue weighted by atomic mass is 9.88. The molecule has 1 aliphatic heterocycles. The molecule has 0 spiro atoms. The molecule has 1 N–H and O–H groups in total. The van der Waals surface area contributed by atoms with Crippen LogP contribution in [-0.2, 0) is 17.8 Å². The van der Waals surface area contributed by atoms with Crippen molar-refractivity contribution in [2.45, 2.75) is 25.3 Å². The maximum atomic E-state index is 11.6. The van der Waals surface area contributed by atoms with E-state index in [4.69, 9.17) is 4.74 Å². The molecule has 1 aromatic heterocycles. The number of hydrogen-bond acceptors (Lipinski definition) is 3. The lowest BCUT2D eigenvalue weighted by Gasteiger charge is -2.23. The summed E-state index contributed by atoms with van der Waals surface area (Å²) in [6.45, 7) is 0.803. The van der Waals surface area contributed by atoms with E-state index in [2.05, 4.69) is 39.1 Å². The van der Waals surface area contributed by atoms with Gasteiger partial charge in [-0.1, -0.05) is 24.3 Å². The first kappa shape index (κ1) is 16.4. The second-order valence-electron chi connectivity index (χ2n) is 6.55. The molecule has 1 atom stereocenters. The van der Waals surface area contributed by atoms with E-state index in [1.807, 2.05) is 30.7 Å². The average Bonchev–Trinajstić information content (AvgIpc) is 3.19. The zero-order chi connectivity index (χ0) is 17.9. The number of nitrogens with zero attached hydrogens (tertiary/aromatic N) is 2. The third kappa shape index (κ3) is 3.33. The fourth-order valence-electron chi connectivity index (χ4n) is 3.47. The van der Waals surface area contributed by atoms with Crippen LogP contribution in [0.1, 0.15) is 29.0 Å². The van der Waals surface area contributed by atoms with Crippen molar-refractivity contribution in [2.75, 3.05) is 12.4 Å². The van der Waals surface area contributed by atoms with Crippen LogP contribution in [0.3, 0.4) is 0 Å². The van der Waals surface area contributed by atoms with Gasteiger partial charge in [-0.15, -0.1) is 0 Å². The van der Waals surface area contributed by atoms with Crippen LogP contribution < -0.4 is 10.1 Å². The first-order valence-electron chi connectivity index (χ1n) is 8.75. The first-order chi connectivity index (χ1) is 12.7. The van der Waals surface area contributed by atoms with Gasteiger partial charge in [0.1, 0.15) is 5.75 Å². The Bertz CT molecular complexity index is 902. The van der Waals surface area contributed by atoms with E-state index in [-0.39, 0.29) is 11.8 Å². The van der Waals surface area contributed by atoms with Gasteiger partial charge in [-0.3, -0.25) is 4.79 Å². The van der Waals surface area contributed by atoms with Gasteiger partial charge in [-0.2, -0.15) is 0 Å². The van der Waals surface area contributed by atoms with Crippen LogP contribution in [0.4, 0.5) is 5.69 Å². The molecule has 4 rings (SSSR count). The van der Waals surface area contributed by atoms with Crippen molar-refractivity contribution in [3.05, 3.63) is 77.9 Å². The zero-order valence-corrected chi connectivity index (χ0v) is 14.7. The summed E-state index contributed by atoms with van der Waals surface area (Å²) in [5, 5.41) is 2.96. The standard InChI is InChI=1S/C21H21N3O2/c1-26-18-6-2-15(3-7-18)19(13-24-11-10-22-14-24)16-4-8-20-17(12-16)5-9-21(25)23-20/h2-4,6-8,10-12,14,19H,5,9,13H2,1H3,(H,23,25). The molecular formula is C21H21N3O2. The van der Waals surface area contributed by atoms with E-state index >= 15 is 0 Å². The van der Waals surface area contributed by atoms with Crippen LogP contribution in [0.5, 0.6) is 5.75 Å². The third-order valence-electron chi connectivity index (χ3n) is 4.90. The SMILES string of the molecule is COc1ccc(C(Cn2ccnc2)c2ccc3c(c2)CCC(=O)N3)cc1. The van der Waals surface area contributed by atoms with Crippen molar-refractivity contribution < 1.29 is 9.53 Å². The monoisotopic (exact) mass is 347 g/mol. The Morgan fingerprint density at radius 1 is 1.15 bits per heavy atom. The summed E-state index contributed by atoms with van der Waals surface area (Å²) in [5.41, 5.74) is 4.59. The molecule has 5 heteroatoms. The average molecular weight is 347 g/mol. The van der Waals surface area contributed by atoms with E-state index in [1.165, 1.54) is 16.7 Å². The Hall–Kier alpha value is -3.08. The number of anilines is 1. The zero-order valence-electron chi connectivity index (χ0n) is 14.7. The van der Waals surface area contributed by atoms with Crippen LogP contribution in [-0.4, -0.2) is 22.6 Å². The number of fused-ring (bicyclic) bond motifs is 1. The Labute approximate surface area is 152 Å². The van der Waals surface area contributed by atoms with Gasteiger partial charge in [0.25, 0.3) is 0 Å². The highest BCUT2D eigenvalue weighted by Gasteiger charge is 2.20. The quantitative estimate of drug-likeness (QED) is 0.767. The van der Waals surface area contributed by atoms with Gasteiger partial charge in [0.2, 0.25) is 5.91 Å². The normalized spacial score (nSPS) is 14.4. The number of amides is 1. The lowest BCUT2D eigenvalue weighted by Crippen LogP contribution is -2.19. The smallest absolute Gasteiger partial charge is 0.224 e. The molecule has 132 valence electrons. The predicted molar refractivity (Wildman–Crippen MR) is 100 cm³/mol. The third-order valence-corrected chi connectivity index (χ3v) is 4.90. The van der Waals surface area contributed by atoms with Gasteiger partial charge >= 0.3 is 0 Å². The van der Waals surface area contributed by atoms with Gasteiger partial charge in [0, 0.05) is 37.0 Å². The summed E-state index contributed by atoms with van der Waals surface area (Å²) in [4.78, 5) is 15.8. The second kappa shape index (κ2) is 7.04. The molecular weight excluding hydrogens is 326 g/mol. The van der Waals surface area contributed by atoms with E-state index < -0.39 is 0 Å². The fourth-order valence-corrected chi connectivity index (χ4v) is 3.47. The second-order valence-corrected chi connectivity index (χ2v) is 6.55. The van der Waals surface area contributed by atoms with Gasteiger partial charge in [0.15, 0.2) is 0 Å². The van der Waals surface area contributed by atoms with E-state index in [0.717, 1.165) is 24.4 Å². The summed E-state index contributed by atoms with van der Waals surface area (Å²) in [7, 11) is 1.68. The van der Waals surface area contributed by atoms with Crippen LogP contribution in [0.15, 0.2) is 61.2 Å². The number of aryl methyl sites for hydroxylation is 1. The Morgan fingerprint density at radius 2 is 1.96 bits per heavy atom. The number of hydrogen-bond donors (Lipinski definition) is 1. The van der Waals surface area contributed by atoms with Gasteiger partial charge < -0.3 is 14.6 Å². The lowest BCUT2D eigenvalue weighted by molar-refractivity contribution is -0.116. The van der Waals surface area contributed by atoms with E-state index in [1.54, 1.807) is 13.3 Å². The predicted octanol–water partition coefficient (Wildman–Crippen LogP) is 3.61. The van der Waals surface area contributed by atoms with Crippen LogP contribution in [0.25, 0.3) is 0 Å². The number of carbonyl (C=O) groups excluding carboxylic acids is 1. The van der Waals surface area contributed by atoms with Gasteiger partial charge in [-0.25, -0.2) is 4.98 Å². The molecule has 1 unspecified atom stereocenters. The summed E-state index contributed by atoms with van der Waals surface area (Å²) < 4.78 is 7.38. The molecule has 2 aromatic carbocycles. The molecule has 0 radical (unpaired) electrons. The Kier molecular flexibility index (Phi) is 4.44. The summed E-state index contributed by atoms with van der Waals surface area (Å²) in [6, 6.07) is 14.6. The van der Waals surface area contributed by atoms with Crippen molar-refractivity contribution >= 4 is 11.6 Å². The van der Waals surface area contributed by atoms with Gasteiger partial charge in [0.05, 0.1) is 13.4 Å². The largest absolute Gasteiger partial charge is 0.497 e. The molecule has 2 heterocycles. The van der Waals surface area contributed by atoms with Crippen LogP contribution in [0, 0.1) is 0 Å². The molecule has 1 aliphatic rings. The van der Waals surface area contributed by atoms with Crippen LogP contribution >= 0.6 is 0 Å². The number of nitrogens with one attached hydrogen (secondary N) is 1. The number of ether oxygens (including phenoxy) is 1. The number of methoxy groups -OCH3 is 1.